The van der Waals surface area contributed by atoms with E-state index in [1.165, 1.54) is 24.5 Å². The number of nitrogens with zero attached hydrogens (tertiary/aromatic N) is 3. The fraction of sp³-hybridized carbons (Fsp3) is 0.238. The molecule has 2 N–H and O–H groups in total. The number of amides is 2. The molecule has 0 aliphatic heterocycles. The van der Waals surface area contributed by atoms with Crippen LogP contribution < -0.4 is 10.6 Å². The molecule has 2 amide bonds. The minimum absolute atomic E-state index is 0.0672. The molecule has 30 heavy (non-hydrogen) atoms. The normalized spacial score (nSPS) is 10.8. The van der Waals surface area contributed by atoms with E-state index in [2.05, 4.69) is 20.6 Å². The summed E-state index contributed by atoms with van der Waals surface area (Å²) in [5.41, 5.74) is 1.39. The third-order valence-corrected chi connectivity index (χ3v) is 4.51. The number of hydrogen-bond acceptors (Lipinski definition) is 4. The fourth-order valence-electron chi connectivity index (χ4n) is 2.69. The van der Waals surface area contributed by atoms with Crippen LogP contribution in [0.2, 0.25) is 5.02 Å². The largest absolute Gasteiger partial charge is 0.347 e. The molecule has 0 aliphatic rings. The van der Waals surface area contributed by atoms with Gasteiger partial charge in [-0.15, -0.1) is 0 Å². The maximum atomic E-state index is 13.1. The van der Waals surface area contributed by atoms with Gasteiger partial charge in [-0.25, -0.2) is 14.4 Å². The maximum absolute atomic E-state index is 13.1. The molecule has 1 aromatic carbocycles. The van der Waals surface area contributed by atoms with Crippen LogP contribution in [-0.2, 0) is 11.3 Å². The Bertz CT molecular complexity index is 1050. The van der Waals surface area contributed by atoms with Crippen molar-refractivity contribution < 1.29 is 14.0 Å². The SMILES string of the molecule is CC(C)CC(=O)Nc1ccc(-n2cnc(C(=O)NCc3ccc(F)cc3Cl)c2)nc1. The van der Waals surface area contributed by atoms with Gasteiger partial charge in [-0.1, -0.05) is 31.5 Å². The molecule has 0 saturated heterocycles. The van der Waals surface area contributed by atoms with Crippen LogP contribution in [0.1, 0.15) is 36.3 Å². The third-order valence-electron chi connectivity index (χ3n) is 4.16. The molecule has 0 spiro atoms. The average molecular weight is 430 g/mol. The van der Waals surface area contributed by atoms with Gasteiger partial charge in [0.05, 0.1) is 11.9 Å². The molecule has 156 valence electrons. The van der Waals surface area contributed by atoms with E-state index in [1.54, 1.807) is 29.1 Å². The van der Waals surface area contributed by atoms with E-state index in [1.807, 2.05) is 13.8 Å². The van der Waals surface area contributed by atoms with E-state index >= 15 is 0 Å². The van der Waals surface area contributed by atoms with Gasteiger partial charge in [0.2, 0.25) is 5.91 Å². The number of carbonyl (C=O) groups excluding carboxylic acids is 2. The molecule has 3 aromatic rings. The zero-order valence-electron chi connectivity index (χ0n) is 16.5. The number of halogens is 2. The lowest BCUT2D eigenvalue weighted by atomic mass is 10.1. The highest BCUT2D eigenvalue weighted by molar-refractivity contribution is 6.31. The minimum Gasteiger partial charge on any atom is -0.347 e. The van der Waals surface area contributed by atoms with E-state index in [0.29, 0.717) is 23.5 Å². The number of hydrogen-bond donors (Lipinski definition) is 2. The van der Waals surface area contributed by atoms with E-state index < -0.39 is 11.7 Å². The average Bonchev–Trinajstić information content (AvgIpc) is 3.17. The van der Waals surface area contributed by atoms with Crippen LogP contribution in [0.4, 0.5) is 10.1 Å². The van der Waals surface area contributed by atoms with Crippen molar-refractivity contribution >= 4 is 29.1 Å². The Balaban J connectivity index is 1.61. The molecule has 0 saturated carbocycles. The molecule has 0 unspecified atom stereocenters. The van der Waals surface area contributed by atoms with Crippen molar-refractivity contribution in [3.63, 3.8) is 0 Å². The monoisotopic (exact) mass is 429 g/mol. The zero-order chi connectivity index (χ0) is 21.7. The predicted octanol–water partition coefficient (Wildman–Crippen LogP) is 3.97. The van der Waals surface area contributed by atoms with Crippen LogP contribution in [0, 0.1) is 11.7 Å². The number of anilines is 1. The Kier molecular flexibility index (Phi) is 6.79. The summed E-state index contributed by atoms with van der Waals surface area (Å²) in [4.78, 5) is 32.5. The first-order valence-corrected chi connectivity index (χ1v) is 9.72. The van der Waals surface area contributed by atoms with Gasteiger partial charge in [0.1, 0.15) is 23.7 Å². The van der Waals surface area contributed by atoms with Crippen molar-refractivity contribution in [1.29, 1.82) is 0 Å². The van der Waals surface area contributed by atoms with Crippen LogP contribution >= 0.6 is 11.6 Å². The number of nitrogens with one attached hydrogen (secondary N) is 2. The molecular weight excluding hydrogens is 409 g/mol. The number of benzene rings is 1. The van der Waals surface area contributed by atoms with Crippen LogP contribution in [0.15, 0.2) is 49.1 Å². The van der Waals surface area contributed by atoms with Gasteiger partial charge in [0, 0.05) is 24.2 Å². The summed E-state index contributed by atoms with van der Waals surface area (Å²) in [5.74, 6) is -0.0854. The second-order valence-corrected chi connectivity index (χ2v) is 7.54. The summed E-state index contributed by atoms with van der Waals surface area (Å²) in [5, 5.41) is 5.73. The van der Waals surface area contributed by atoms with Crippen molar-refractivity contribution in [3.05, 3.63) is 71.2 Å². The molecule has 0 fully saturated rings. The molecule has 3 rings (SSSR count). The Morgan fingerprint density at radius 1 is 1.20 bits per heavy atom. The number of pyridine rings is 1. The lowest BCUT2D eigenvalue weighted by Gasteiger charge is -2.08. The topological polar surface area (TPSA) is 88.9 Å². The predicted molar refractivity (Wildman–Crippen MR) is 112 cm³/mol. The Morgan fingerprint density at radius 3 is 2.67 bits per heavy atom. The fourth-order valence-corrected chi connectivity index (χ4v) is 2.93. The summed E-state index contributed by atoms with van der Waals surface area (Å²) in [7, 11) is 0. The van der Waals surface area contributed by atoms with Crippen molar-refractivity contribution in [3.8, 4) is 5.82 Å². The van der Waals surface area contributed by atoms with Crippen molar-refractivity contribution in [2.75, 3.05) is 5.32 Å². The highest BCUT2D eigenvalue weighted by atomic mass is 35.5. The first kappa shape index (κ1) is 21.4. The number of imidazole rings is 1. The first-order chi connectivity index (χ1) is 14.3. The molecular formula is C21H21ClFN5O2. The Labute approximate surface area is 178 Å². The summed E-state index contributed by atoms with van der Waals surface area (Å²) < 4.78 is 14.7. The zero-order valence-corrected chi connectivity index (χ0v) is 17.3. The maximum Gasteiger partial charge on any atom is 0.271 e. The van der Waals surface area contributed by atoms with Gasteiger partial charge in [-0.2, -0.15) is 0 Å². The molecule has 0 atom stereocenters. The van der Waals surface area contributed by atoms with Crippen molar-refractivity contribution in [1.82, 2.24) is 19.9 Å². The van der Waals surface area contributed by atoms with Gasteiger partial charge in [0.15, 0.2) is 0 Å². The van der Waals surface area contributed by atoms with Crippen LogP contribution in [0.25, 0.3) is 5.82 Å². The smallest absolute Gasteiger partial charge is 0.271 e. The second kappa shape index (κ2) is 9.49. The van der Waals surface area contributed by atoms with Gasteiger partial charge >= 0.3 is 0 Å². The summed E-state index contributed by atoms with van der Waals surface area (Å²) in [6.45, 7) is 4.09. The molecule has 2 heterocycles. The molecule has 0 aliphatic carbocycles. The minimum atomic E-state index is -0.438. The lowest BCUT2D eigenvalue weighted by Crippen LogP contribution is -2.23. The summed E-state index contributed by atoms with van der Waals surface area (Å²) in [6.07, 6.45) is 4.99. The molecule has 7 nitrogen and oxygen atoms in total. The molecule has 0 radical (unpaired) electrons. The summed E-state index contributed by atoms with van der Waals surface area (Å²) in [6, 6.07) is 7.44. The first-order valence-electron chi connectivity index (χ1n) is 9.34. The number of aromatic nitrogens is 3. The van der Waals surface area contributed by atoms with E-state index in [-0.39, 0.29) is 29.1 Å². The van der Waals surface area contributed by atoms with E-state index in [4.69, 9.17) is 11.6 Å². The van der Waals surface area contributed by atoms with Gasteiger partial charge in [-0.05, 0) is 35.7 Å². The lowest BCUT2D eigenvalue weighted by molar-refractivity contribution is -0.116. The van der Waals surface area contributed by atoms with Gasteiger partial charge in [-0.3, -0.25) is 14.2 Å². The summed E-state index contributed by atoms with van der Waals surface area (Å²) >= 11 is 5.97. The second-order valence-electron chi connectivity index (χ2n) is 7.14. The van der Waals surface area contributed by atoms with Crippen LogP contribution in [-0.4, -0.2) is 26.3 Å². The Hall–Kier alpha value is -3.26. The standard InChI is InChI=1S/C21H21ClFN5O2/c1-13(2)7-20(29)27-16-5-6-19(24-10-16)28-11-18(26-12-28)21(30)25-9-14-3-4-15(23)8-17(14)22/h3-6,8,10-13H,7,9H2,1-2H3,(H,25,30)(H,27,29). The van der Waals surface area contributed by atoms with E-state index in [9.17, 15) is 14.0 Å². The van der Waals surface area contributed by atoms with Crippen LogP contribution in [0.3, 0.4) is 0 Å². The molecule has 0 bridgehead atoms. The van der Waals surface area contributed by atoms with Crippen molar-refractivity contribution in [2.24, 2.45) is 5.92 Å². The highest BCUT2D eigenvalue weighted by Crippen LogP contribution is 2.17. The molecule has 2 aromatic heterocycles. The van der Waals surface area contributed by atoms with E-state index in [0.717, 1.165) is 0 Å². The van der Waals surface area contributed by atoms with Crippen molar-refractivity contribution in [2.45, 2.75) is 26.8 Å². The van der Waals surface area contributed by atoms with Gasteiger partial charge in [0.25, 0.3) is 5.91 Å². The third kappa shape index (κ3) is 5.64. The quantitative estimate of drug-likeness (QED) is 0.594. The number of rotatable bonds is 7. The number of carbonyl (C=O) groups is 2. The van der Waals surface area contributed by atoms with Gasteiger partial charge < -0.3 is 10.6 Å². The van der Waals surface area contributed by atoms with Crippen LogP contribution in [0.5, 0.6) is 0 Å². The molecule has 9 heteroatoms. The Morgan fingerprint density at radius 2 is 2.00 bits per heavy atom. The highest BCUT2D eigenvalue weighted by Gasteiger charge is 2.12.